The summed E-state index contributed by atoms with van der Waals surface area (Å²) >= 11 is 1.84. The molecule has 16 heavy (non-hydrogen) atoms. The normalized spacial score (nSPS) is 32.1. The summed E-state index contributed by atoms with van der Waals surface area (Å²) in [5.41, 5.74) is 0. The summed E-state index contributed by atoms with van der Waals surface area (Å²) in [6, 6.07) is -0.865. The number of carbonyl (C=O) groups excluding carboxylic acids is 2. The van der Waals surface area contributed by atoms with Gasteiger partial charge in [-0.25, -0.2) is 4.79 Å². The molecular formula is C10H15FN2O2S. The van der Waals surface area contributed by atoms with Crippen LogP contribution in [0.1, 0.15) is 25.7 Å². The Morgan fingerprint density at radius 1 is 1.44 bits per heavy atom. The molecule has 2 aliphatic heterocycles. The van der Waals surface area contributed by atoms with Crippen molar-refractivity contribution in [2.75, 3.05) is 5.75 Å². The van der Waals surface area contributed by atoms with Gasteiger partial charge in [0.2, 0.25) is 0 Å². The van der Waals surface area contributed by atoms with Crippen molar-refractivity contribution in [3.63, 3.8) is 0 Å². The van der Waals surface area contributed by atoms with E-state index < -0.39 is 6.04 Å². The minimum Gasteiger partial charge on any atom is -0.332 e. The number of rotatable bonds is 5. The van der Waals surface area contributed by atoms with Gasteiger partial charge < -0.3 is 10.6 Å². The van der Waals surface area contributed by atoms with Gasteiger partial charge in [0, 0.05) is 17.4 Å². The fourth-order valence-corrected chi connectivity index (χ4v) is 3.80. The van der Waals surface area contributed by atoms with Gasteiger partial charge in [-0.1, -0.05) is 6.42 Å². The van der Waals surface area contributed by atoms with Crippen LogP contribution in [0.3, 0.4) is 0 Å². The SMILES string of the molecule is O=C(F)CCCCC1SCC2NC(=O)NC21. The van der Waals surface area contributed by atoms with Crippen molar-refractivity contribution in [1.29, 1.82) is 0 Å². The Hall–Kier alpha value is -0.780. The van der Waals surface area contributed by atoms with Crippen LogP contribution >= 0.6 is 11.8 Å². The quantitative estimate of drug-likeness (QED) is 0.435. The predicted octanol–water partition coefficient (Wildman–Crippen LogP) is 1.21. The van der Waals surface area contributed by atoms with Crippen molar-refractivity contribution < 1.29 is 14.0 Å². The number of thioether (sulfide) groups is 1. The van der Waals surface area contributed by atoms with Crippen molar-refractivity contribution in [2.45, 2.75) is 43.0 Å². The average Bonchev–Trinajstić information content (AvgIpc) is 2.72. The molecule has 0 aromatic carbocycles. The fraction of sp³-hybridized carbons (Fsp3) is 0.800. The molecular weight excluding hydrogens is 231 g/mol. The summed E-state index contributed by atoms with van der Waals surface area (Å²) in [5, 5.41) is 6.17. The third kappa shape index (κ3) is 2.66. The number of hydrogen-bond acceptors (Lipinski definition) is 3. The highest BCUT2D eigenvalue weighted by Crippen LogP contribution is 2.33. The molecule has 0 radical (unpaired) electrons. The Kier molecular flexibility index (Phi) is 3.68. The van der Waals surface area contributed by atoms with E-state index in [1.807, 2.05) is 11.8 Å². The van der Waals surface area contributed by atoms with Crippen molar-refractivity contribution in [2.24, 2.45) is 0 Å². The Morgan fingerprint density at radius 3 is 3.00 bits per heavy atom. The van der Waals surface area contributed by atoms with Crippen molar-refractivity contribution >= 4 is 23.8 Å². The molecule has 2 amide bonds. The van der Waals surface area contributed by atoms with Crippen LogP contribution in [0.5, 0.6) is 0 Å². The highest BCUT2D eigenvalue weighted by molar-refractivity contribution is 8.00. The van der Waals surface area contributed by atoms with Crippen LogP contribution in [0.15, 0.2) is 0 Å². The Bertz CT molecular complexity index is 301. The molecule has 0 bridgehead atoms. The minimum atomic E-state index is -1.23. The van der Waals surface area contributed by atoms with E-state index in [0.29, 0.717) is 11.7 Å². The second-order valence-corrected chi connectivity index (χ2v) is 5.49. The lowest BCUT2D eigenvalue weighted by molar-refractivity contribution is -0.129. The number of amides is 2. The molecule has 2 fully saturated rings. The molecule has 6 heteroatoms. The van der Waals surface area contributed by atoms with Crippen molar-refractivity contribution in [3.05, 3.63) is 0 Å². The lowest BCUT2D eigenvalue weighted by Gasteiger charge is -2.16. The summed E-state index contributed by atoms with van der Waals surface area (Å²) < 4.78 is 12.0. The molecule has 2 N–H and O–H groups in total. The Balaban J connectivity index is 1.70. The smallest absolute Gasteiger partial charge is 0.315 e. The topological polar surface area (TPSA) is 58.2 Å². The van der Waals surface area contributed by atoms with Gasteiger partial charge >= 0.3 is 12.1 Å². The summed E-state index contributed by atoms with van der Waals surface area (Å²) in [4.78, 5) is 21.2. The predicted molar refractivity (Wildman–Crippen MR) is 60.1 cm³/mol. The molecule has 90 valence electrons. The number of halogens is 1. The summed E-state index contributed by atoms with van der Waals surface area (Å²) in [7, 11) is 0. The third-order valence-electron chi connectivity index (χ3n) is 3.05. The van der Waals surface area contributed by atoms with E-state index in [1.54, 1.807) is 0 Å². The van der Waals surface area contributed by atoms with Crippen molar-refractivity contribution in [1.82, 2.24) is 10.6 Å². The maximum Gasteiger partial charge on any atom is 0.315 e. The molecule has 3 unspecified atom stereocenters. The molecule has 2 heterocycles. The molecule has 2 saturated heterocycles. The van der Waals surface area contributed by atoms with Crippen LogP contribution in [0, 0.1) is 0 Å². The van der Waals surface area contributed by atoms with Crippen LogP contribution < -0.4 is 10.6 Å². The van der Waals surface area contributed by atoms with Gasteiger partial charge in [0.25, 0.3) is 0 Å². The van der Waals surface area contributed by atoms with Gasteiger partial charge in [-0.15, -0.1) is 0 Å². The number of nitrogens with one attached hydrogen (secondary N) is 2. The Labute approximate surface area is 97.7 Å². The van der Waals surface area contributed by atoms with Gasteiger partial charge in [-0.3, -0.25) is 4.79 Å². The molecule has 2 rings (SSSR count). The first-order valence-corrected chi connectivity index (χ1v) is 6.58. The van der Waals surface area contributed by atoms with Gasteiger partial charge in [0.1, 0.15) is 0 Å². The first-order valence-electron chi connectivity index (χ1n) is 5.54. The van der Waals surface area contributed by atoms with E-state index in [-0.39, 0.29) is 24.5 Å². The van der Waals surface area contributed by atoms with Gasteiger partial charge in [0.15, 0.2) is 0 Å². The zero-order valence-electron chi connectivity index (χ0n) is 8.87. The fourth-order valence-electron chi connectivity index (χ4n) is 2.25. The summed E-state index contributed by atoms with van der Waals surface area (Å²) in [6.45, 7) is 0. The molecule has 3 atom stereocenters. The van der Waals surface area contributed by atoms with E-state index in [1.165, 1.54) is 0 Å². The Morgan fingerprint density at radius 2 is 2.25 bits per heavy atom. The number of hydrogen-bond donors (Lipinski definition) is 2. The second-order valence-electron chi connectivity index (χ2n) is 4.22. The lowest BCUT2D eigenvalue weighted by Crippen LogP contribution is -2.36. The van der Waals surface area contributed by atoms with Crippen LogP contribution in [-0.4, -0.2) is 35.2 Å². The number of fused-ring (bicyclic) bond motifs is 1. The van der Waals surface area contributed by atoms with Crippen LogP contribution in [0.25, 0.3) is 0 Å². The maximum atomic E-state index is 12.0. The average molecular weight is 246 g/mol. The maximum absolute atomic E-state index is 12.0. The summed E-state index contributed by atoms with van der Waals surface area (Å²) in [6.07, 6.45) is 2.40. The van der Waals surface area contributed by atoms with Crippen LogP contribution in [0.2, 0.25) is 0 Å². The first-order chi connectivity index (χ1) is 7.66. The van der Waals surface area contributed by atoms with E-state index in [2.05, 4.69) is 10.6 Å². The number of urea groups is 1. The zero-order valence-corrected chi connectivity index (χ0v) is 9.69. The third-order valence-corrected chi connectivity index (χ3v) is 4.56. The largest absolute Gasteiger partial charge is 0.332 e. The molecule has 0 spiro atoms. The van der Waals surface area contributed by atoms with Crippen LogP contribution in [0.4, 0.5) is 9.18 Å². The standard InChI is InChI=1S/C10H15FN2O2S/c11-8(14)4-2-1-3-7-9-6(5-16-7)12-10(15)13-9/h6-7,9H,1-5H2,(H2,12,13,15). The van der Waals surface area contributed by atoms with E-state index in [9.17, 15) is 14.0 Å². The molecule has 0 aliphatic carbocycles. The van der Waals surface area contributed by atoms with Gasteiger partial charge in [0.05, 0.1) is 12.1 Å². The number of carbonyl (C=O) groups is 2. The van der Waals surface area contributed by atoms with Gasteiger partial charge in [-0.05, 0) is 12.8 Å². The van der Waals surface area contributed by atoms with E-state index in [0.717, 1.165) is 18.6 Å². The lowest BCUT2D eigenvalue weighted by atomic mass is 10.0. The molecule has 4 nitrogen and oxygen atoms in total. The van der Waals surface area contributed by atoms with Crippen LogP contribution in [-0.2, 0) is 4.79 Å². The molecule has 0 saturated carbocycles. The first kappa shape index (κ1) is 11.7. The highest BCUT2D eigenvalue weighted by Gasteiger charge is 2.42. The molecule has 0 aromatic heterocycles. The zero-order chi connectivity index (χ0) is 11.5. The van der Waals surface area contributed by atoms with E-state index >= 15 is 0 Å². The molecule has 2 aliphatic rings. The second kappa shape index (κ2) is 5.03. The minimum absolute atomic E-state index is 0.0239. The summed E-state index contributed by atoms with van der Waals surface area (Å²) in [5.74, 6) is 0.941. The van der Waals surface area contributed by atoms with Crippen molar-refractivity contribution in [3.8, 4) is 0 Å². The highest BCUT2D eigenvalue weighted by atomic mass is 32.2. The van der Waals surface area contributed by atoms with Gasteiger partial charge in [-0.2, -0.15) is 16.2 Å². The van der Waals surface area contributed by atoms with E-state index in [4.69, 9.17) is 0 Å². The monoisotopic (exact) mass is 246 g/mol. The molecule has 0 aromatic rings. The number of unbranched alkanes of at least 4 members (excludes halogenated alkanes) is 1.